The standard InChI is InChI=1S/C17H26ClN5O2S2/c1-4-7-22-15-6-5-14(18)12-16(15)23(17(22)26)13-20-8-10-21(11-9-20)27(24,25)19(2)3/h5-6,12H,4,7-11,13H2,1-3H3. The maximum Gasteiger partial charge on any atom is 0.281 e. The lowest BCUT2D eigenvalue weighted by Crippen LogP contribution is -2.51. The van der Waals surface area contributed by atoms with Crippen molar-refractivity contribution in [3.8, 4) is 0 Å². The average Bonchev–Trinajstić information content (AvgIpc) is 2.87. The molecule has 2 heterocycles. The second-order valence-electron chi connectivity index (χ2n) is 6.94. The van der Waals surface area contributed by atoms with Crippen LogP contribution in [0.4, 0.5) is 0 Å². The van der Waals surface area contributed by atoms with Gasteiger partial charge in [-0.2, -0.15) is 17.0 Å². The maximum absolute atomic E-state index is 12.3. The van der Waals surface area contributed by atoms with E-state index in [1.165, 1.54) is 8.61 Å². The van der Waals surface area contributed by atoms with Crippen LogP contribution in [-0.2, 0) is 23.4 Å². The fraction of sp³-hybridized carbons (Fsp3) is 0.588. The van der Waals surface area contributed by atoms with E-state index in [9.17, 15) is 8.42 Å². The van der Waals surface area contributed by atoms with E-state index in [-0.39, 0.29) is 0 Å². The Hall–Kier alpha value is -0.970. The molecule has 1 aromatic heterocycles. The lowest BCUT2D eigenvalue weighted by molar-refractivity contribution is 0.150. The predicted octanol–water partition coefficient (Wildman–Crippen LogP) is 2.62. The van der Waals surface area contributed by atoms with Crippen LogP contribution in [0.25, 0.3) is 11.0 Å². The van der Waals surface area contributed by atoms with Crippen molar-refractivity contribution in [3.63, 3.8) is 0 Å². The van der Waals surface area contributed by atoms with Gasteiger partial charge in [-0.25, -0.2) is 0 Å². The molecule has 1 saturated heterocycles. The first-order chi connectivity index (χ1) is 12.8. The van der Waals surface area contributed by atoms with Gasteiger partial charge in [0, 0.05) is 51.8 Å². The largest absolute Gasteiger partial charge is 0.317 e. The number of nitrogens with zero attached hydrogens (tertiary/aromatic N) is 5. The van der Waals surface area contributed by atoms with Gasteiger partial charge in [-0.1, -0.05) is 18.5 Å². The summed E-state index contributed by atoms with van der Waals surface area (Å²) in [7, 11) is -0.231. The van der Waals surface area contributed by atoms with Crippen molar-refractivity contribution in [1.29, 1.82) is 0 Å². The minimum atomic E-state index is -3.36. The van der Waals surface area contributed by atoms with Crippen LogP contribution >= 0.6 is 23.8 Å². The Morgan fingerprint density at radius 2 is 1.78 bits per heavy atom. The Morgan fingerprint density at radius 1 is 1.11 bits per heavy atom. The maximum atomic E-state index is 12.3. The molecule has 0 N–H and O–H groups in total. The second-order valence-corrected chi connectivity index (χ2v) is 9.89. The van der Waals surface area contributed by atoms with E-state index < -0.39 is 10.2 Å². The summed E-state index contributed by atoms with van der Waals surface area (Å²) in [5, 5.41) is 0.682. The first kappa shape index (κ1) is 20.8. The third-order valence-electron chi connectivity index (χ3n) is 4.89. The molecule has 3 rings (SSSR count). The summed E-state index contributed by atoms with van der Waals surface area (Å²) in [5.74, 6) is 0. The van der Waals surface area contributed by atoms with Gasteiger partial charge in [-0.3, -0.25) is 4.90 Å². The SMILES string of the molecule is CCCn1c(=S)n(CN2CCN(S(=O)(=O)N(C)C)CC2)c2cc(Cl)ccc21. The Balaban J connectivity index is 1.83. The molecule has 27 heavy (non-hydrogen) atoms. The number of hydrogen-bond donors (Lipinski definition) is 0. The van der Waals surface area contributed by atoms with Gasteiger partial charge in [0.15, 0.2) is 4.77 Å². The Kier molecular flexibility index (Phi) is 6.29. The Labute approximate surface area is 170 Å². The summed E-state index contributed by atoms with van der Waals surface area (Å²) in [6, 6.07) is 5.85. The van der Waals surface area contributed by atoms with E-state index in [1.807, 2.05) is 18.2 Å². The van der Waals surface area contributed by atoms with Crippen LogP contribution in [0.15, 0.2) is 18.2 Å². The van der Waals surface area contributed by atoms with E-state index in [4.69, 9.17) is 23.8 Å². The van der Waals surface area contributed by atoms with Crippen molar-refractivity contribution >= 4 is 45.1 Å². The van der Waals surface area contributed by atoms with Gasteiger partial charge in [0.1, 0.15) is 0 Å². The third-order valence-corrected chi connectivity index (χ3v) is 7.50. The number of benzene rings is 1. The summed E-state index contributed by atoms with van der Waals surface area (Å²) in [6.45, 7) is 5.89. The number of imidazole rings is 1. The van der Waals surface area contributed by atoms with Gasteiger partial charge in [-0.15, -0.1) is 0 Å². The van der Waals surface area contributed by atoms with Crippen molar-refractivity contribution in [3.05, 3.63) is 28.0 Å². The molecule has 2 aromatic rings. The molecule has 0 atom stereocenters. The summed E-state index contributed by atoms with van der Waals surface area (Å²) in [6.07, 6.45) is 0.997. The fourth-order valence-corrected chi connectivity index (χ4v) is 5.00. The normalized spacial score (nSPS) is 17.2. The second kappa shape index (κ2) is 8.18. The highest BCUT2D eigenvalue weighted by molar-refractivity contribution is 7.86. The quantitative estimate of drug-likeness (QED) is 0.660. The van der Waals surface area contributed by atoms with Gasteiger partial charge >= 0.3 is 0 Å². The van der Waals surface area contributed by atoms with Crippen LogP contribution in [0.1, 0.15) is 13.3 Å². The Morgan fingerprint density at radius 3 is 2.37 bits per heavy atom. The van der Waals surface area contributed by atoms with Gasteiger partial charge in [-0.05, 0) is 36.8 Å². The fourth-order valence-electron chi connectivity index (χ4n) is 3.40. The number of aromatic nitrogens is 2. The minimum absolute atomic E-state index is 0.474. The zero-order valence-electron chi connectivity index (χ0n) is 15.9. The number of halogens is 1. The van der Waals surface area contributed by atoms with Crippen LogP contribution in [0.5, 0.6) is 0 Å². The van der Waals surface area contributed by atoms with Crippen molar-refractivity contribution in [2.75, 3.05) is 40.3 Å². The van der Waals surface area contributed by atoms with Crippen LogP contribution in [0, 0.1) is 4.77 Å². The monoisotopic (exact) mass is 431 g/mol. The van der Waals surface area contributed by atoms with Gasteiger partial charge in [0.2, 0.25) is 0 Å². The zero-order chi connectivity index (χ0) is 19.8. The summed E-state index contributed by atoms with van der Waals surface area (Å²) in [4.78, 5) is 2.23. The molecule has 150 valence electrons. The molecule has 1 aromatic carbocycles. The van der Waals surface area contributed by atoms with E-state index in [0.29, 0.717) is 37.9 Å². The molecular formula is C17H26ClN5O2S2. The van der Waals surface area contributed by atoms with E-state index in [1.54, 1.807) is 14.1 Å². The van der Waals surface area contributed by atoms with Gasteiger partial charge in [0.05, 0.1) is 17.7 Å². The highest BCUT2D eigenvalue weighted by Crippen LogP contribution is 2.23. The van der Waals surface area contributed by atoms with Crippen LogP contribution in [-0.4, -0.2) is 71.3 Å². The first-order valence-electron chi connectivity index (χ1n) is 9.04. The summed E-state index contributed by atoms with van der Waals surface area (Å²) < 4.78 is 32.4. The van der Waals surface area contributed by atoms with Gasteiger partial charge < -0.3 is 9.13 Å². The van der Waals surface area contributed by atoms with Crippen molar-refractivity contribution < 1.29 is 8.42 Å². The number of aryl methyl sites for hydroxylation is 1. The predicted molar refractivity (Wildman–Crippen MR) is 112 cm³/mol. The van der Waals surface area contributed by atoms with Crippen molar-refractivity contribution in [2.24, 2.45) is 0 Å². The zero-order valence-corrected chi connectivity index (χ0v) is 18.3. The van der Waals surface area contributed by atoms with Crippen LogP contribution in [0.2, 0.25) is 5.02 Å². The van der Waals surface area contributed by atoms with E-state index in [2.05, 4.69) is 21.0 Å². The molecule has 1 aliphatic heterocycles. The lowest BCUT2D eigenvalue weighted by atomic mass is 10.3. The summed E-state index contributed by atoms with van der Waals surface area (Å²) in [5.41, 5.74) is 2.10. The molecule has 1 aliphatic rings. The van der Waals surface area contributed by atoms with Gasteiger partial charge in [0.25, 0.3) is 10.2 Å². The van der Waals surface area contributed by atoms with Crippen molar-refractivity contribution in [2.45, 2.75) is 26.6 Å². The average molecular weight is 432 g/mol. The van der Waals surface area contributed by atoms with Crippen LogP contribution < -0.4 is 0 Å². The number of rotatable bonds is 6. The molecule has 0 amide bonds. The van der Waals surface area contributed by atoms with Crippen LogP contribution in [0.3, 0.4) is 0 Å². The summed E-state index contributed by atoms with van der Waals surface area (Å²) >= 11 is 12.0. The molecule has 10 heteroatoms. The smallest absolute Gasteiger partial charge is 0.281 e. The highest BCUT2D eigenvalue weighted by atomic mass is 35.5. The molecule has 0 aliphatic carbocycles. The topological polar surface area (TPSA) is 53.7 Å². The lowest BCUT2D eigenvalue weighted by Gasteiger charge is -2.35. The first-order valence-corrected chi connectivity index (χ1v) is 11.2. The molecule has 0 radical (unpaired) electrons. The molecule has 0 spiro atoms. The highest BCUT2D eigenvalue weighted by Gasteiger charge is 2.28. The molecule has 7 nitrogen and oxygen atoms in total. The van der Waals surface area contributed by atoms with Crippen molar-refractivity contribution in [1.82, 2.24) is 22.6 Å². The molecule has 0 saturated carbocycles. The number of fused-ring (bicyclic) bond motifs is 1. The van der Waals surface area contributed by atoms with E-state index >= 15 is 0 Å². The molecular weight excluding hydrogens is 406 g/mol. The molecule has 0 bridgehead atoms. The Bertz CT molecular complexity index is 975. The third kappa shape index (κ3) is 4.08. The molecule has 1 fully saturated rings. The number of hydrogen-bond acceptors (Lipinski definition) is 4. The minimum Gasteiger partial charge on any atom is -0.317 e. The molecule has 0 unspecified atom stereocenters. The number of piperazine rings is 1. The van der Waals surface area contributed by atoms with E-state index in [0.717, 1.165) is 28.8 Å².